The average Bonchev–Trinajstić information content (AvgIpc) is 3.33. The van der Waals surface area contributed by atoms with E-state index in [0.29, 0.717) is 6.61 Å². The predicted molar refractivity (Wildman–Crippen MR) is 154 cm³/mol. The van der Waals surface area contributed by atoms with Gasteiger partial charge in [0.1, 0.15) is 11.6 Å². The maximum absolute atomic E-state index is 6.17. The summed E-state index contributed by atoms with van der Waals surface area (Å²) < 4.78 is 8.55. The van der Waals surface area contributed by atoms with Gasteiger partial charge in [-0.3, -0.25) is 0 Å². The normalized spacial score (nSPS) is 12.1. The molecule has 0 saturated heterocycles. The molecule has 0 N–H and O–H groups in total. The van der Waals surface area contributed by atoms with Crippen molar-refractivity contribution < 1.29 is 4.74 Å². The second kappa shape index (κ2) is 10.9. The van der Waals surface area contributed by atoms with E-state index in [1.54, 1.807) is 0 Å². The second-order valence-corrected chi connectivity index (χ2v) is 10.2. The monoisotopic (exact) mass is 500 g/mol. The topological polar surface area (TPSA) is 27.1 Å². The second-order valence-electron chi connectivity index (χ2n) is 9.04. The van der Waals surface area contributed by atoms with Crippen molar-refractivity contribution in [2.45, 2.75) is 23.1 Å². The Kier molecular flexibility index (Phi) is 6.91. The van der Waals surface area contributed by atoms with Gasteiger partial charge in [-0.1, -0.05) is 91.0 Å². The van der Waals surface area contributed by atoms with Gasteiger partial charge in [-0.25, -0.2) is 4.98 Å². The van der Waals surface area contributed by atoms with E-state index >= 15 is 0 Å². The van der Waals surface area contributed by atoms with Crippen molar-refractivity contribution in [1.82, 2.24) is 9.55 Å². The first-order valence-corrected chi connectivity index (χ1v) is 13.6. The van der Waals surface area contributed by atoms with Gasteiger partial charge in [0.2, 0.25) is 0 Å². The predicted octanol–water partition coefficient (Wildman–Crippen LogP) is 8.54. The molecule has 1 heterocycles. The summed E-state index contributed by atoms with van der Waals surface area (Å²) in [5.74, 6) is 1.99. The highest BCUT2D eigenvalue weighted by molar-refractivity contribution is 7.99. The molecule has 0 aliphatic carbocycles. The Hall–Kier alpha value is -4.02. The van der Waals surface area contributed by atoms with Gasteiger partial charge in [0, 0.05) is 11.4 Å². The molecule has 1 aromatic heterocycles. The van der Waals surface area contributed by atoms with Crippen molar-refractivity contribution in [3.63, 3.8) is 0 Å². The minimum atomic E-state index is 0.0809. The lowest BCUT2D eigenvalue weighted by atomic mass is 10.1. The lowest BCUT2D eigenvalue weighted by Gasteiger charge is -2.19. The van der Waals surface area contributed by atoms with E-state index in [9.17, 15) is 0 Å². The summed E-state index contributed by atoms with van der Waals surface area (Å²) in [7, 11) is 0. The minimum absolute atomic E-state index is 0.0809. The van der Waals surface area contributed by atoms with Crippen molar-refractivity contribution in [2.24, 2.45) is 0 Å². The first-order chi connectivity index (χ1) is 18.3. The standard InChI is InChI=1S/C33H28N2OS/c1-3-13-26(14-4-1)32(37-29-16-5-2-6-17-29)33-34-30-18-9-10-19-31(30)35(33)22-11-23-36-28-21-20-25-12-7-8-15-27(25)24-28/h1-10,12-21,24,32H,11,22-23H2. The van der Waals surface area contributed by atoms with E-state index < -0.39 is 0 Å². The van der Waals surface area contributed by atoms with Crippen molar-refractivity contribution >= 4 is 33.6 Å². The van der Waals surface area contributed by atoms with Crippen LogP contribution in [0, 0.1) is 0 Å². The molecular formula is C33H28N2OS. The van der Waals surface area contributed by atoms with Crippen LogP contribution >= 0.6 is 11.8 Å². The molecule has 0 aliphatic heterocycles. The first-order valence-electron chi connectivity index (χ1n) is 12.7. The van der Waals surface area contributed by atoms with Gasteiger partial charge in [-0.15, -0.1) is 11.8 Å². The van der Waals surface area contributed by atoms with Crippen LogP contribution in [0.3, 0.4) is 0 Å². The Balaban J connectivity index is 1.27. The molecule has 0 radical (unpaired) electrons. The summed E-state index contributed by atoms with van der Waals surface area (Å²) in [5, 5.41) is 2.51. The molecule has 6 rings (SSSR count). The fourth-order valence-electron chi connectivity index (χ4n) is 4.73. The third kappa shape index (κ3) is 5.25. The number of nitrogens with zero attached hydrogens (tertiary/aromatic N) is 2. The fourth-order valence-corrected chi connectivity index (χ4v) is 5.90. The number of hydrogen-bond acceptors (Lipinski definition) is 3. The summed E-state index contributed by atoms with van der Waals surface area (Å²) in [6.45, 7) is 1.48. The van der Waals surface area contributed by atoms with E-state index in [1.807, 2.05) is 11.8 Å². The molecule has 3 nitrogen and oxygen atoms in total. The molecule has 0 bridgehead atoms. The Morgan fingerprint density at radius 1 is 0.703 bits per heavy atom. The molecule has 0 fully saturated rings. The molecule has 4 heteroatoms. The maximum atomic E-state index is 6.17. The van der Waals surface area contributed by atoms with Gasteiger partial charge in [0.25, 0.3) is 0 Å². The third-order valence-electron chi connectivity index (χ3n) is 6.53. The highest BCUT2D eigenvalue weighted by atomic mass is 32.2. The van der Waals surface area contributed by atoms with Crippen LogP contribution in [0.4, 0.5) is 0 Å². The van der Waals surface area contributed by atoms with Gasteiger partial charge in [-0.05, 0) is 59.2 Å². The number of fused-ring (bicyclic) bond motifs is 2. The van der Waals surface area contributed by atoms with Crippen molar-refractivity contribution in [3.8, 4) is 5.75 Å². The van der Waals surface area contributed by atoms with Crippen LogP contribution < -0.4 is 4.74 Å². The minimum Gasteiger partial charge on any atom is -0.494 e. The van der Waals surface area contributed by atoms with Crippen molar-refractivity contribution in [1.29, 1.82) is 0 Å². The summed E-state index contributed by atoms with van der Waals surface area (Å²) in [4.78, 5) is 6.39. The number of ether oxygens (including phenoxy) is 1. The Morgan fingerprint density at radius 2 is 1.41 bits per heavy atom. The third-order valence-corrected chi connectivity index (χ3v) is 7.80. The van der Waals surface area contributed by atoms with Crippen LogP contribution in [0.1, 0.15) is 23.1 Å². The van der Waals surface area contributed by atoms with Gasteiger partial charge in [0.05, 0.1) is 22.9 Å². The highest BCUT2D eigenvalue weighted by Crippen LogP contribution is 2.41. The lowest BCUT2D eigenvalue weighted by Crippen LogP contribution is -2.11. The van der Waals surface area contributed by atoms with Crippen molar-refractivity contribution in [3.05, 3.63) is 139 Å². The number of aromatic nitrogens is 2. The molecule has 1 unspecified atom stereocenters. The molecule has 1 atom stereocenters. The number of imidazole rings is 1. The van der Waals surface area contributed by atoms with E-state index in [4.69, 9.17) is 9.72 Å². The molecule has 0 saturated carbocycles. The fraction of sp³-hybridized carbons (Fsp3) is 0.121. The van der Waals surface area contributed by atoms with E-state index in [0.717, 1.165) is 35.6 Å². The van der Waals surface area contributed by atoms with E-state index in [2.05, 4.69) is 132 Å². The highest BCUT2D eigenvalue weighted by Gasteiger charge is 2.23. The smallest absolute Gasteiger partial charge is 0.127 e. The average molecular weight is 501 g/mol. The number of benzene rings is 5. The van der Waals surface area contributed by atoms with Gasteiger partial charge in [0.15, 0.2) is 0 Å². The van der Waals surface area contributed by atoms with Crippen molar-refractivity contribution in [2.75, 3.05) is 6.61 Å². The molecule has 182 valence electrons. The van der Waals surface area contributed by atoms with Crippen LogP contribution in [0.15, 0.2) is 132 Å². The van der Waals surface area contributed by atoms with Crippen LogP contribution in [-0.2, 0) is 6.54 Å². The van der Waals surface area contributed by atoms with Crippen LogP contribution in [0.2, 0.25) is 0 Å². The van der Waals surface area contributed by atoms with Crippen LogP contribution in [-0.4, -0.2) is 16.2 Å². The molecule has 0 amide bonds. The van der Waals surface area contributed by atoms with Gasteiger partial charge in [-0.2, -0.15) is 0 Å². The van der Waals surface area contributed by atoms with Crippen LogP contribution in [0.25, 0.3) is 21.8 Å². The zero-order valence-corrected chi connectivity index (χ0v) is 21.4. The molecule has 37 heavy (non-hydrogen) atoms. The molecule has 5 aromatic carbocycles. The largest absolute Gasteiger partial charge is 0.494 e. The Labute approximate surface area is 221 Å². The molecular weight excluding hydrogens is 472 g/mol. The summed E-state index contributed by atoms with van der Waals surface area (Å²) in [6.07, 6.45) is 0.887. The Bertz CT molecular complexity index is 1610. The Morgan fingerprint density at radius 3 is 2.24 bits per heavy atom. The zero-order valence-electron chi connectivity index (χ0n) is 20.5. The number of para-hydroxylation sites is 2. The van der Waals surface area contributed by atoms with E-state index in [1.165, 1.54) is 21.2 Å². The number of rotatable bonds is 9. The number of thioether (sulfide) groups is 1. The maximum Gasteiger partial charge on any atom is 0.127 e. The SMILES string of the molecule is c1ccc(SC(c2ccccc2)c2nc3ccccc3n2CCCOc2ccc3ccccc3c2)cc1. The summed E-state index contributed by atoms with van der Waals surface area (Å²) in [6, 6.07) is 44.4. The molecule has 0 spiro atoms. The summed E-state index contributed by atoms with van der Waals surface area (Å²) >= 11 is 1.85. The lowest BCUT2D eigenvalue weighted by molar-refractivity contribution is 0.302. The molecule has 0 aliphatic rings. The number of hydrogen-bond donors (Lipinski definition) is 0. The van der Waals surface area contributed by atoms with Gasteiger partial charge < -0.3 is 9.30 Å². The molecule has 6 aromatic rings. The van der Waals surface area contributed by atoms with Crippen LogP contribution in [0.5, 0.6) is 5.75 Å². The quantitative estimate of drug-likeness (QED) is 0.147. The zero-order chi connectivity index (χ0) is 24.9. The first kappa shape index (κ1) is 23.4. The van der Waals surface area contributed by atoms with E-state index in [-0.39, 0.29) is 5.25 Å². The summed E-state index contributed by atoms with van der Waals surface area (Å²) in [5.41, 5.74) is 3.45. The van der Waals surface area contributed by atoms with Gasteiger partial charge >= 0.3 is 0 Å². The number of aryl methyl sites for hydroxylation is 1.